The van der Waals surface area contributed by atoms with Crippen LogP contribution in [0, 0.1) is 0 Å². The minimum absolute atomic E-state index is 0.382. The highest BCUT2D eigenvalue weighted by Crippen LogP contribution is 2.19. The average molecular weight is 474 g/mol. The van der Waals surface area contributed by atoms with Crippen LogP contribution in [0.3, 0.4) is 0 Å². The molecule has 0 aliphatic rings. The molecular formula is C25H45N8O+. The molecule has 9 nitrogen and oxygen atoms in total. The van der Waals surface area contributed by atoms with E-state index in [1.54, 1.807) is 0 Å². The first-order valence-corrected chi connectivity index (χ1v) is 13.0. The summed E-state index contributed by atoms with van der Waals surface area (Å²) < 4.78 is 6.55. The molecule has 0 radical (unpaired) electrons. The van der Waals surface area contributed by atoms with E-state index in [9.17, 15) is 0 Å². The van der Waals surface area contributed by atoms with Crippen molar-refractivity contribution in [2.75, 3.05) is 45.9 Å². The summed E-state index contributed by atoms with van der Waals surface area (Å²) >= 11 is 0. The van der Waals surface area contributed by atoms with Gasteiger partial charge in [0.05, 0.1) is 39.3 Å². The van der Waals surface area contributed by atoms with Gasteiger partial charge in [-0.2, -0.15) is 0 Å². The Morgan fingerprint density at radius 3 is 1.82 bits per heavy atom. The van der Waals surface area contributed by atoms with Crippen molar-refractivity contribution in [2.45, 2.75) is 77.7 Å². The summed E-state index contributed by atoms with van der Waals surface area (Å²) in [5.41, 5.74) is 24.3. The van der Waals surface area contributed by atoms with E-state index in [2.05, 4.69) is 39.1 Å². The predicted octanol–water partition coefficient (Wildman–Crippen LogP) is 6.88. The molecule has 0 atom stereocenters. The molecule has 0 unspecified atom stereocenters. The van der Waals surface area contributed by atoms with Gasteiger partial charge in [0.1, 0.15) is 12.3 Å². The number of quaternary nitrogens is 1. The summed E-state index contributed by atoms with van der Waals surface area (Å²) in [4.78, 5) is 5.74. The van der Waals surface area contributed by atoms with Gasteiger partial charge in [0.25, 0.3) is 0 Å². The van der Waals surface area contributed by atoms with Crippen molar-refractivity contribution in [1.82, 2.24) is 0 Å². The monoisotopic (exact) mass is 473 g/mol. The molecule has 0 saturated carbocycles. The first-order valence-electron chi connectivity index (χ1n) is 13.0. The zero-order chi connectivity index (χ0) is 24.7. The number of unbranched alkanes of at least 4 members (excludes halogenated alkanes) is 9. The molecule has 0 fully saturated rings. The lowest BCUT2D eigenvalue weighted by Crippen LogP contribution is -2.53. The Morgan fingerprint density at radius 2 is 1.32 bits per heavy atom. The second kappa shape index (κ2) is 20.0. The molecular weight excluding hydrogens is 428 g/mol. The number of benzene rings is 1. The Kier molecular flexibility index (Phi) is 17.4. The number of hydrogen-bond donors (Lipinski definition) is 1. The average Bonchev–Trinajstić information content (AvgIpc) is 2.84. The Labute approximate surface area is 205 Å². The first kappa shape index (κ1) is 29.6. The van der Waals surface area contributed by atoms with Crippen molar-refractivity contribution in [3.63, 3.8) is 0 Å². The van der Waals surface area contributed by atoms with Gasteiger partial charge in [0.15, 0.2) is 0 Å². The van der Waals surface area contributed by atoms with E-state index in [4.69, 9.17) is 21.5 Å². The Hall–Kier alpha value is -2.44. The largest absolute Gasteiger partial charge is 0.494 e. The maximum Gasteiger partial charge on any atom is 0.119 e. The quantitative estimate of drug-likeness (QED) is 0.0646. The second-order valence-electron chi connectivity index (χ2n) is 9.04. The number of nitrogens with zero attached hydrogens (tertiary/aromatic N) is 7. The van der Waals surface area contributed by atoms with E-state index in [0.29, 0.717) is 37.2 Å². The van der Waals surface area contributed by atoms with Gasteiger partial charge in [-0.15, -0.1) is 0 Å². The van der Waals surface area contributed by atoms with E-state index < -0.39 is 0 Å². The molecule has 1 aromatic carbocycles. The topological polar surface area (TPSA) is 133 Å². The lowest BCUT2D eigenvalue weighted by molar-refractivity contribution is -0.937. The van der Waals surface area contributed by atoms with E-state index >= 15 is 0 Å². The van der Waals surface area contributed by atoms with Gasteiger partial charge in [-0.1, -0.05) is 74.9 Å². The second-order valence-corrected chi connectivity index (χ2v) is 9.04. The number of nitrogens with two attached hydrogens (primary N) is 1. The van der Waals surface area contributed by atoms with Crippen molar-refractivity contribution in [2.24, 2.45) is 16.0 Å². The van der Waals surface area contributed by atoms with Crippen LogP contribution in [0.5, 0.6) is 5.75 Å². The normalized spacial score (nSPS) is 12.4. The maximum absolute atomic E-state index is 8.65. The summed E-state index contributed by atoms with van der Waals surface area (Å²) in [6, 6.07) is 8.20. The van der Waals surface area contributed by atoms with Crippen LogP contribution in [0.4, 0.5) is 0 Å². The van der Waals surface area contributed by atoms with Crippen molar-refractivity contribution >= 4 is 0 Å². The van der Waals surface area contributed by atoms with Crippen molar-refractivity contribution in [3.05, 3.63) is 50.7 Å². The lowest BCUT2D eigenvalue weighted by atomic mass is 10.1. The predicted molar refractivity (Wildman–Crippen MR) is 139 cm³/mol. The first-order chi connectivity index (χ1) is 16.7. The van der Waals surface area contributed by atoms with Crippen LogP contribution in [0.15, 0.2) is 34.5 Å². The van der Waals surface area contributed by atoms with Crippen LogP contribution in [-0.4, -0.2) is 50.4 Å². The number of hydrogen-bond acceptors (Lipinski definition) is 4. The molecule has 2 N–H and O–H groups in total. The van der Waals surface area contributed by atoms with Crippen molar-refractivity contribution < 1.29 is 9.22 Å². The summed E-state index contributed by atoms with van der Waals surface area (Å²) in [5.74, 6) is 0.889. The lowest BCUT2D eigenvalue weighted by Gasteiger charge is -2.38. The van der Waals surface area contributed by atoms with E-state index in [0.717, 1.165) is 37.4 Å². The SMILES string of the molecule is CCCCCCCCCCCCOc1ccc(C[N+](CCN)(CCN=[N+]=[N-])CCN=[N+]=[N-])cc1. The van der Waals surface area contributed by atoms with Gasteiger partial charge in [-0.3, -0.25) is 0 Å². The van der Waals surface area contributed by atoms with Crippen LogP contribution in [0.1, 0.15) is 76.7 Å². The van der Waals surface area contributed by atoms with E-state index in [1.165, 1.54) is 57.8 Å². The summed E-state index contributed by atoms with van der Waals surface area (Å²) in [7, 11) is 0. The molecule has 9 heteroatoms. The molecule has 1 rings (SSSR count). The number of azide groups is 2. The third kappa shape index (κ3) is 14.0. The fourth-order valence-electron chi connectivity index (χ4n) is 4.31. The molecule has 34 heavy (non-hydrogen) atoms. The van der Waals surface area contributed by atoms with Crippen LogP contribution >= 0.6 is 0 Å². The van der Waals surface area contributed by atoms with Gasteiger partial charge in [-0.05, 0) is 41.7 Å². The zero-order valence-electron chi connectivity index (χ0n) is 21.2. The summed E-state index contributed by atoms with van der Waals surface area (Å²) in [6.07, 6.45) is 13.2. The van der Waals surface area contributed by atoms with Gasteiger partial charge < -0.3 is 15.0 Å². The fraction of sp³-hybridized carbons (Fsp3) is 0.760. The van der Waals surface area contributed by atoms with Gasteiger partial charge in [0.2, 0.25) is 0 Å². The van der Waals surface area contributed by atoms with Crippen LogP contribution in [0.25, 0.3) is 20.9 Å². The molecule has 0 amide bonds. The number of ether oxygens (including phenoxy) is 1. The third-order valence-electron chi connectivity index (χ3n) is 6.29. The molecule has 0 aromatic heterocycles. The molecule has 0 saturated heterocycles. The summed E-state index contributed by atoms with van der Waals surface area (Å²) in [6.45, 7) is 7.04. The maximum atomic E-state index is 8.65. The standard InChI is InChI=1S/C25H45N8O/c1-2-3-4-5-6-7-8-9-10-11-22-34-25-14-12-24(13-15-25)23-33(19-16-26,20-17-29-31-27)21-18-30-32-28/h12-15H,2-11,16-23,26H2,1H3/q+1. The highest BCUT2D eigenvalue weighted by molar-refractivity contribution is 5.26. The highest BCUT2D eigenvalue weighted by atomic mass is 16.5. The molecule has 0 heterocycles. The molecule has 0 bridgehead atoms. The number of rotatable bonds is 22. The van der Waals surface area contributed by atoms with Gasteiger partial charge in [0, 0.05) is 21.9 Å². The summed E-state index contributed by atoms with van der Waals surface area (Å²) in [5, 5.41) is 7.41. The minimum Gasteiger partial charge on any atom is -0.494 e. The van der Waals surface area contributed by atoms with Crippen molar-refractivity contribution in [1.29, 1.82) is 0 Å². The van der Waals surface area contributed by atoms with E-state index in [-0.39, 0.29) is 0 Å². The Morgan fingerprint density at radius 1 is 0.794 bits per heavy atom. The van der Waals surface area contributed by atoms with Crippen LogP contribution in [0.2, 0.25) is 0 Å². The zero-order valence-corrected chi connectivity index (χ0v) is 21.2. The van der Waals surface area contributed by atoms with E-state index in [1.807, 2.05) is 12.1 Å². The third-order valence-corrected chi connectivity index (χ3v) is 6.29. The minimum atomic E-state index is 0.382. The fourth-order valence-corrected chi connectivity index (χ4v) is 4.31. The molecule has 190 valence electrons. The smallest absolute Gasteiger partial charge is 0.119 e. The molecule has 1 aromatic rings. The Balaban J connectivity index is 2.43. The van der Waals surface area contributed by atoms with Gasteiger partial charge >= 0.3 is 0 Å². The van der Waals surface area contributed by atoms with Crippen LogP contribution < -0.4 is 10.5 Å². The van der Waals surface area contributed by atoms with Crippen molar-refractivity contribution in [3.8, 4) is 5.75 Å². The molecule has 0 aliphatic carbocycles. The highest BCUT2D eigenvalue weighted by Gasteiger charge is 2.26. The molecule has 0 spiro atoms. The Bertz CT molecular complexity index is 705. The van der Waals surface area contributed by atoms with Crippen LogP contribution in [-0.2, 0) is 6.54 Å². The molecule has 0 aliphatic heterocycles. The van der Waals surface area contributed by atoms with Gasteiger partial charge in [-0.25, -0.2) is 0 Å².